The van der Waals surface area contributed by atoms with Crippen molar-refractivity contribution in [2.45, 2.75) is 9.79 Å². The molecular weight excluding hydrogens is 749 g/mol. The number of anilines is 4. The summed E-state index contributed by atoms with van der Waals surface area (Å²) in [6.07, 6.45) is 6.05. The fraction of sp³-hybridized carbons (Fsp3) is 0. The molecule has 0 heterocycles. The van der Waals surface area contributed by atoms with Crippen LogP contribution >= 0.6 is 0 Å². The Kier molecular flexibility index (Phi) is 11.4. The summed E-state index contributed by atoms with van der Waals surface area (Å²) in [6.45, 7) is 0. The van der Waals surface area contributed by atoms with Crippen LogP contribution in [0.15, 0.2) is 168 Å². The Balaban J connectivity index is 1.10. The molecule has 13 heteroatoms. The lowest BCUT2D eigenvalue weighted by atomic mass is 10.0. The van der Waals surface area contributed by atoms with Gasteiger partial charge in [0.2, 0.25) is 0 Å². The number of sulfonamides is 2. The van der Waals surface area contributed by atoms with Crippen LogP contribution in [-0.4, -0.2) is 34.2 Å². The van der Waals surface area contributed by atoms with Gasteiger partial charge >= 0.3 is 0 Å². The molecule has 6 N–H and O–H groups in total. The predicted molar refractivity (Wildman–Crippen MR) is 219 cm³/mol. The molecule has 6 aromatic rings. The van der Waals surface area contributed by atoms with E-state index in [0.717, 1.165) is 11.1 Å². The lowest BCUT2D eigenvalue weighted by Crippen LogP contribution is -2.15. The molecule has 0 spiro atoms. The summed E-state index contributed by atoms with van der Waals surface area (Å²) in [4.78, 5) is 38.4. The van der Waals surface area contributed by atoms with Gasteiger partial charge in [-0.15, -0.1) is 0 Å². The largest absolute Gasteiger partial charge is 0.399 e. The number of ketones is 3. The van der Waals surface area contributed by atoms with Crippen LogP contribution in [-0.2, 0) is 20.0 Å². The minimum absolute atomic E-state index is 0.00771. The van der Waals surface area contributed by atoms with Gasteiger partial charge in [0, 0.05) is 45.0 Å². The maximum Gasteiger partial charge on any atom is 0.261 e. The van der Waals surface area contributed by atoms with E-state index in [-0.39, 0.29) is 43.9 Å². The maximum absolute atomic E-state index is 13.5. The molecule has 56 heavy (non-hydrogen) atoms. The van der Waals surface area contributed by atoms with Gasteiger partial charge in [0.1, 0.15) is 0 Å². The van der Waals surface area contributed by atoms with Gasteiger partial charge in [-0.05, 0) is 120 Å². The van der Waals surface area contributed by atoms with Gasteiger partial charge in [-0.1, -0.05) is 60.7 Å². The molecule has 280 valence electrons. The molecule has 0 unspecified atom stereocenters. The molecule has 0 saturated carbocycles. The molecule has 0 aliphatic rings. The lowest BCUT2D eigenvalue weighted by Gasteiger charge is -2.11. The first-order valence-electron chi connectivity index (χ1n) is 16.9. The molecule has 6 aromatic carbocycles. The molecule has 6 rings (SSSR count). The summed E-state index contributed by atoms with van der Waals surface area (Å²) in [6, 6.07) is 36.5. The summed E-state index contributed by atoms with van der Waals surface area (Å²) >= 11 is 0. The van der Waals surface area contributed by atoms with Gasteiger partial charge in [0.05, 0.1) is 9.79 Å². The molecule has 0 aliphatic heterocycles. The average molecular weight is 783 g/mol. The first-order valence-corrected chi connectivity index (χ1v) is 19.9. The fourth-order valence-electron chi connectivity index (χ4n) is 5.47. The number of hydrogen-bond donors (Lipinski definition) is 4. The number of nitrogens with two attached hydrogens (primary N) is 2. The van der Waals surface area contributed by atoms with Crippen LogP contribution in [0.2, 0.25) is 0 Å². The minimum Gasteiger partial charge on any atom is -0.399 e. The van der Waals surface area contributed by atoms with Crippen molar-refractivity contribution in [3.8, 4) is 0 Å². The zero-order chi connectivity index (χ0) is 39.9. The van der Waals surface area contributed by atoms with E-state index in [1.807, 2.05) is 0 Å². The van der Waals surface area contributed by atoms with Crippen LogP contribution in [0.3, 0.4) is 0 Å². The Morgan fingerprint density at radius 2 is 0.821 bits per heavy atom. The van der Waals surface area contributed by atoms with Gasteiger partial charge in [0.25, 0.3) is 20.0 Å². The van der Waals surface area contributed by atoms with E-state index >= 15 is 0 Å². The molecule has 0 aliphatic carbocycles. The summed E-state index contributed by atoms with van der Waals surface area (Å²) in [5, 5.41) is 0. The second kappa shape index (κ2) is 16.5. The van der Waals surface area contributed by atoms with Crippen molar-refractivity contribution in [1.82, 2.24) is 0 Å². The molecule has 0 atom stereocenters. The molecule has 0 aromatic heterocycles. The highest BCUT2D eigenvalue weighted by Crippen LogP contribution is 2.23. The molecular formula is C43H34N4O7S2. The van der Waals surface area contributed by atoms with E-state index in [0.29, 0.717) is 22.5 Å². The summed E-state index contributed by atoms with van der Waals surface area (Å²) in [7, 11) is -8.35. The van der Waals surface area contributed by atoms with Crippen molar-refractivity contribution < 1.29 is 31.2 Å². The normalized spacial score (nSPS) is 11.7. The minimum atomic E-state index is -4.18. The van der Waals surface area contributed by atoms with Gasteiger partial charge in [-0.2, -0.15) is 0 Å². The third kappa shape index (κ3) is 9.71. The highest BCUT2D eigenvalue weighted by molar-refractivity contribution is 7.93. The summed E-state index contributed by atoms with van der Waals surface area (Å²) in [5.74, 6) is -1.19. The van der Waals surface area contributed by atoms with Crippen LogP contribution in [0.25, 0.3) is 12.2 Å². The molecule has 0 bridgehead atoms. The van der Waals surface area contributed by atoms with E-state index in [1.54, 1.807) is 60.7 Å². The Bertz CT molecular complexity index is 2560. The first kappa shape index (κ1) is 38.6. The number of hydrogen-bond acceptors (Lipinski definition) is 9. The zero-order valence-electron chi connectivity index (χ0n) is 29.5. The number of rotatable bonds is 14. The van der Waals surface area contributed by atoms with Crippen molar-refractivity contribution >= 4 is 72.3 Å². The quantitative estimate of drug-likeness (QED) is 0.0492. The highest BCUT2D eigenvalue weighted by Gasteiger charge is 2.20. The monoisotopic (exact) mass is 782 g/mol. The van der Waals surface area contributed by atoms with E-state index in [9.17, 15) is 31.2 Å². The second-order valence-electron chi connectivity index (χ2n) is 12.5. The Labute approximate surface area is 324 Å². The molecule has 0 fully saturated rings. The highest BCUT2D eigenvalue weighted by atomic mass is 32.2. The van der Waals surface area contributed by atoms with E-state index in [2.05, 4.69) is 9.44 Å². The number of nitrogens with one attached hydrogen (secondary N) is 2. The van der Waals surface area contributed by atoms with Crippen molar-refractivity contribution in [3.63, 3.8) is 0 Å². The third-order valence-corrected chi connectivity index (χ3v) is 11.1. The Hall–Kier alpha value is -7.09. The van der Waals surface area contributed by atoms with Crippen molar-refractivity contribution in [1.29, 1.82) is 0 Å². The van der Waals surface area contributed by atoms with Gasteiger partial charge in [-0.3, -0.25) is 23.8 Å². The van der Waals surface area contributed by atoms with Crippen LogP contribution in [0, 0.1) is 0 Å². The summed E-state index contributed by atoms with van der Waals surface area (Å²) in [5.41, 5.74) is 15.3. The summed E-state index contributed by atoms with van der Waals surface area (Å²) < 4.78 is 58.2. The number of benzene rings is 6. The smallest absolute Gasteiger partial charge is 0.261 e. The van der Waals surface area contributed by atoms with Crippen LogP contribution < -0.4 is 20.9 Å². The van der Waals surface area contributed by atoms with Crippen molar-refractivity contribution in [3.05, 3.63) is 191 Å². The molecule has 11 nitrogen and oxygen atoms in total. The number of allylic oxidation sites excluding steroid dienone is 2. The van der Waals surface area contributed by atoms with E-state index < -0.39 is 25.8 Å². The van der Waals surface area contributed by atoms with Crippen LogP contribution in [0.5, 0.6) is 0 Å². The van der Waals surface area contributed by atoms with Gasteiger partial charge in [-0.25, -0.2) is 16.8 Å². The lowest BCUT2D eigenvalue weighted by molar-refractivity contribution is 0.103. The Morgan fingerprint density at radius 1 is 0.446 bits per heavy atom. The predicted octanol–water partition coefficient (Wildman–Crippen LogP) is 7.48. The van der Waals surface area contributed by atoms with Gasteiger partial charge in [0.15, 0.2) is 17.3 Å². The number of carbonyl (C=O) groups is 3. The Morgan fingerprint density at radius 3 is 1.20 bits per heavy atom. The van der Waals surface area contributed by atoms with E-state index in [1.165, 1.54) is 109 Å². The third-order valence-electron chi connectivity index (χ3n) is 8.33. The second-order valence-corrected chi connectivity index (χ2v) is 15.9. The fourth-order valence-corrected chi connectivity index (χ4v) is 7.68. The first-order chi connectivity index (χ1) is 26.8. The molecule has 0 radical (unpaired) electrons. The van der Waals surface area contributed by atoms with Crippen LogP contribution in [0.4, 0.5) is 22.7 Å². The SMILES string of the molecule is Nc1cccc(/C=C/C(=O)c2ccc(NS(=O)(=O)c3cccc(C(=O)c4cccc(S(=O)(=O)Nc5ccc(C(=O)/C=C/c6cccc(N)c6)cc5)c4)c3)cc2)c1. The van der Waals surface area contributed by atoms with Gasteiger partial charge < -0.3 is 11.5 Å². The molecule has 0 saturated heterocycles. The molecule has 0 amide bonds. The van der Waals surface area contributed by atoms with Crippen molar-refractivity contribution in [2.24, 2.45) is 0 Å². The van der Waals surface area contributed by atoms with Crippen molar-refractivity contribution in [2.75, 3.05) is 20.9 Å². The zero-order valence-corrected chi connectivity index (χ0v) is 31.1. The average Bonchev–Trinajstić information content (AvgIpc) is 3.19. The number of nitrogen functional groups attached to an aromatic ring is 2. The standard InChI is InChI=1S/C43H34N4O7S2/c44-35-9-1-5-29(25-35)13-23-41(48)31-15-19-37(20-16-31)46-55(51,52)39-11-3-7-33(27-39)43(50)34-8-4-12-40(28-34)56(53,54)47-38-21-17-32(18-22-38)42(49)24-14-30-6-2-10-36(45)26-30/h1-28,46-47H,44-45H2/b23-13+,24-14+. The van der Waals surface area contributed by atoms with Crippen LogP contribution in [0.1, 0.15) is 47.8 Å². The number of carbonyl (C=O) groups excluding carboxylic acids is 3. The topological polar surface area (TPSA) is 196 Å². The van der Waals surface area contributed by atoms with E-state index in [4.69, 9.17) is 11.5 Å². The maximum atomic E-state index is 13.5.